The van der Waals surface area contributed by atoms with Crippen LogP contribution in [-0.4, -0.2) is 82.2 Å². The van der Waals surface area contributed by atoms with Gasteiger partial charge in [0.15, 0.2) is 11.0 Å². The van der Waals surface area contributed by atoms with Crippen LogP contribution in [0.4, 0.5) is 4.79 Å². The molecule has 2 fully saturated rings. The molecule has 2 saturated heterocycles. The number of aliphatic imine (C=N–C) groups is 1. The molecule has 3 atom stereocenters. The van der Waals surface area contributed by atoms with Crippen LogP contribution in [-0.2, 0) is 20.9 Å². The first-order chi connectivity index (χ1) is 18.3. The molecule has 0 bridgehead atoms. The summed E-state index contributed by atoms with van der Waals surface area (Å²) < 4.78 is 5.38. The number of ketones is 1. The van der Waals surface area contributed by atoms with Crippen LogP contribution in [0.5, 0.6) is 0 Å². The molecule has 0 radical (unpaired) electrons. The van der Waals surface area contributed by atoms with Crippen molar-refractivity contribution in [1.82, 2.24) is 20.1 Å². The molecule has 2 aliphatic heterocycles. The van der Waals surface area contributed by atoms with Gasteiger partial charge in [0, 0.05) is 24.7 Å². The number of carbonyl (C=O) groups is 4. The molecule has 1 unspecified atom stereocenters. The number of guanidine groups is 1. The van der Waals surface area contributed by atoms with Crippen molar-refractivity contribution < 1.29 is 23.9 Å². The summed E-state index contributed by atoms with van der Waals surface area (Å²) in [6.45, 7) is 0.532. The van der Waals surface area contributed by atoms with Crippen molar-refractivity contribution in [2.24, 2.45) is 16.5 Å². The fourth-order valence-electron chi connectivity index (χ4n) is 4.75. The lowest BCUT2D eigenvalue weighted by atomic mass is 10.1. The van der Waals surface area contributed by atoms with Gasteiger partial charge in [-0.2, -0.15) is 0 Å². The maximum absolute atomic E-state index is 13.3. The molecule has 1 aromatic carbocycles. The molecule has 2 aromatic rings. The topological polar surface area (TPSA) is 173 Å². The fourth-order valence-corrected chi connectivity index (χ4v) is 5.38. The summed E-state index contributed by atoms with van der Waals surface area (Å²) in [4.78, 5) is 62.9. The SMILES string of the molecule is NC(N)=NCCCC(NC(=O)[C@@H]1CC[C@H]2CN(C(=O)OCc3ccccc3)CC(=O)N21)C(=O)c1nccs1. The minimum absolute atomic E-state index is 0.0459. The molecule has 202 valence electrons. The molecule has 2 aliphatic rings. The van der Waals surface area contributed by atoms with E-state index in [1.807, 2.05) is 30.3 Å². The average molecular weight is 542 g/mol. The van der Waals surface area contributed by atoms with Gasteiger partial charge in [0.25, 0.3) is 0 Å². The highest BCUT2D eigenvalue weighted by molar-refractivity contribution is 7.11. The molecule has 5 N–H and O–H groups in total. The zero-order valence-electron chi connectivity index (χ0n) is 20.8. The Morgan fingerprint density at radius 1 is 1.21 bits per heavy atom. The van der Waals surface area contributed by atoms with Gasteiger partial charge < -0.3 is 26.4 Å². The second-order valence-corrected chi connectivity index (χ2v) is 10.1. The van der Waals surface area contributed by atoms with Crippen molar-refractivity contribution >= 4 is 41.0 Å². The molecule has 13 heteroatoms. The van der Waals surface area contributed by atoms with E-state index >= 15 is 0 Å². The van der Waals surface area contributed by atoms with Crippen LogP contribution in [0, 0.1) is 0 Å². The van der Waals surface area contributed by atoms with Gasteiger partial charge in [-0.3, -0.25) is 24.3 Å². The average Bonchev–Trinajstić information content (AvgIpc) is 3.60. The lowest BCUT2D eigenvalue weighted by molar-refractivity contribution is -0.144. The van der Waals surface area contributed by atoms with E-state index in [1.54, 1.807) is 10.3 Å². The number of thiazole rings is 1. The zero-order chi connectivity index (χ0) is 27.1. The third-order valence-corrected chi connectivity index (χ3v) is 7.32. The molecule has 3 heterocycles. The number of nitrogens with zero attached hydrogens (tertiary/aromatic N) is 4. The molecule has 0 spiro atoms. The summed E-state index contributed by atoms with van der Waals surface area (Å²) in [7, 11) is 0. The van der Waals surface area contributed by atoms with Crippen molar-refractivity contribution in [1.29, 1.82) is 0 Å². The monoisotopic (exact) mass is 541 g/mol. The van der Waals surface area contributed by atoms with Gasteiger partial charge in [-0.25, -0.2) is 9.78 Å². The maximum atomic E-state index is 13.3. The number of rotatable bonds is 10. The summed E-state index contributed by atoms with van der Waals surface area (Å²) in [6, 6.07) is 7.44. The number of benzene rings is 1. The quantitative estimate of drug-likeness (QED) is 0.172. The second-order valence-electron chi connectivity index (χ2n) is 9.18. The molecule has 1 aromatic heterocycles. The van der Waals surface area contributed by atoms with E-state index in [2.05, 4.69) is 15.3 Å². The zero-order valence-corrected chi connectivity index (χ0v) is 21.6. The first kappa shape index (κ1) is 27.0. The highest BCUT2D eigenvalue weighted by atomic mass is 32.1. The second kappa shape index (κ2) is 12.5. The fraction of sp³-hybridized carbons (Fsp3) is 0.440. The first-order valence-corrected chi connectivity index (χ1v) is 13.3. The number of nitrogens with one attached hydrogen (secondary N) is 1. The van der Waals surface area contributed by atoms with E-state index in [0.717, 1.165) is 5.56 Å². The van der Waals surface area contributed by atoms with Crippen LogP contribution in [0.2, 0.25) is 0 Å². The third kappa shape index (κ3) is 6.65. The van der Waals surface area contributed by atoms with Crippen molar-refractivity contribution in [3.8, 4) is 0 Å². The van der Waals surface area contributed by atoms with Gasteiger partial charge >= 0.3 is 6.09 Å². The molecule has 4 rings (SSSR count). The summed E-state index contributed by atoms with van der Waals surface area (Å²) in [6.07, 6.45) is 2.73. The minimum Gasteiger partial charge on any atom is -0.445 e. The van der Waals surface area contributed by atoms with E-state index in [4.69, 9.17) is 16.2 Å². The van der Waals surface area contributed by atoms with E-state index < -0.39 is 24.1 Å². The predicted octanol–water partition coefficient (Wildman–Crippen LogP) is 0.876. The molecule has 12 nitrogen and oxygen atoms in total. The number of carbonyl (C=O) groups excluding carboxylic acids is 4. The predicted molar refractivity (Wildman–Crippen MR) is 140 cm³/mol. The van der Waals surface area contributed by atoms with Crippen LogP contribution < -0.4 is 16.8 Å². The van der Waals surface area contributed by atoms with Crippen molar-refractivity contribution in [3.05, 3.63) is 52.5 Å². The molecule has 0 aliphatic carbocycles. The smallest absolute Gasteiger partial charge is 0.410 e. The van der Waals surface area contributed by atoms with Crippen LogP contribution in [0.25, 0.3) is 0 Å². The molecular formula is C25H31N7O5S. The standard InChI is InChI=1S/C25H31N7O5S/c26-24(27)29-10-4-7-18(21(34)23-28-11-12-38-23)30-22(35)19-9-8-17-13-31(14-20(33)32(17)19)25(36)37-15-16-5-2-1-3-6-16/h1-3,5-6,11-12,17-19H,4,7-10,13-15H2,(H,30,35)(H4,26,27,29)/t17-,18?,19-/m0/s1. The van der Waals surface area contributed by atoms with Crippen LogP contribution in [0.1, 0.15) is 41.0 Å². The molecule has 3 amide bonds. The van der Waals surface area contributed by atoms with Gasteiger partial charge in [0.05, 0.1) is 12.1 Å². The number of amides is 3. The summed E-state index contributed by atoms with van der Waals surface area (Å²) in [5, 5.41) is 4.81. The Morgan fingerprint density at radius 2 is 2.00 bits per heavy atom. The lowest BCUT2D eigenvalue weighted by Gasteiger charge is -2.38. The van der Waals surface area contributed by atoms with Crippen LogP contribution in [0.3, 0.4) is 0 Å². The Morgan fingerprint density at radius 3 is 2.71 bits per heavy atom. The summed E-state index contributed by atoms with van der Waals surface area (Å²) in [5.74, 6) is -1.08. The number of nitrogens with two attached hydrogens (primary N) is 2. The van der Waals surface area contributed by atoms with Crippen LogP contribution >= 0.6 is 11.3 Å². The molecular weight excluding hydrogens is 510 g/mol. The summed E-state index contributed by atoms with van der Waals surface area (Å²) >= 11 is 1.19. The highest BCUT2D eigenvalue weighted by Gasteiger charge is 2.46. The van der Waals surface area contributed by atoms with E-state index in [0.29, 0.717) is 37.2 Å². The van der Waals surface area contributed by atoms with Gasteiger partial charge in [0.1, 0.15) is 19.2 Å². The van der Waals surface area contributed by atoms with Gasteiger partial charge in [-0.15, -0.1) is 11.3 Å². The highest BCUT2D eigenvalue weighted by Crippen LogP contribution is 2.29. The van der Waals surface area contributed by atoms with Crippen molar-refractivity contribution in [3.63, 3.8) is 0 Å². The van der Waals surface area contributed by atoms with Crippen LogP contribution in [0.15, 0.2) is 46.9 Å². The number of piperazine rings is 1. The van der Waals surface area contributed by atoms with Crippen molar-refractivity contribution in [2.75, 3.05) is 19.6 Å². The number of ether oxygens (including phenoxy) is 1. The molecule has 0 saturated carbocycles. The van der Waals surface area contributed by atoms with E-state index in [-0.39, 0.29) is 43.4 Å². The minimum atomic E-state index is -0.828. The maximum Gasteiger partial charge on any atom is 0.410 e. The number of hydrogen-bond acceptors (Lipinski definition) is 8. The number of hydrogen-bond donors (Lipinski definition) is 3. The van der Waals surface area contributed by atoms with Gasteiger partial charge in [0.2, 0.25) is 17.6 Å². The van der Waals surface area contributed by atoms with Gasteiger partial charge in [-0.05, 0) is 31.2 Å². The normalized spacial score (nSPS) is 19.4. The number of fused-ring (bicyclic) bond motifs is 1. The number of Topliss-reactive ketones (excluding diaryl/α,β-unsaturated/α-hetero) is 1. The Hall–Kier alpha value is -4.00. The third-order valence-electron chi connectivity index (χ3n) is 6.54. The Bertz CT molecular complexity index is 1170. The van der Waals surface area contributed by atoms with Gasteiger partial charge in [-0.1, -0.05) is 30.3 Å². The molecule has 38 heavy (non-hydrogen) atoms. The Balaban J connectivity index is 1.36. The van der Waals surface area contributed by atoms with E-state index in [1.165, 1.54) is 22.4 Å². The Kier molecular flexibility index (Phi) is 8.89. The lowest BCUT2D eigenvalue weighted by Crippen LogP contribution is -2.60. The largest absolute Gasteiger partial charge is 0.445 e. The first-order valence-electron chi connectivity index (χ1n) is 12.4. The van der Waals surface area contributed by atoms with E-state index in [9.17, 15) is 19.2 Å². The summed E-state index contributed by atoms with van der Waals surface area (Å²) in [5.41, 5.74) is 11.6. The Labute approximate surface area is 224 Å². The number of aromatic nitrogens is 1. The van der Waals surface area contributed by atoms with Crippen molar-refractivity contribution in [2.45, 2.75) is 50.4 Å².